The van der Waals surface area contributed by atoms with Gasteiger partial charge in [-0.2, -0.15) is 0 Å². The zero-order valence-corrected chi connectivity index (χ0v) is 17.2. The smallest absolute Gasteiger partial charge is 0.270 e. The molecule has 0 unspecified atom stereocenters. The summed E-state index contributed by atoms with van der Waals surface area (Å²) in [7, 11) is 1.60. The average Bonchev–Trinajstić information content (AvgIpc) is 3.23. The van der Waals surface area contributed by atoms with E-state index in [2.05, 4.69) is 10.3 Å². The molecular formula is C23H27FN2O4. The first kappa shape index (κ1) is 20.8. The van der Waals surface area contributed by atoms with Crippen LogP contribution in [0.1, 0.15) is 45.7 Å². The second kappa shape index (κ2) is 9.53. The number of aromatic nitrogens is 1. The molecule has 1 saturated heterocycles. The molecule has 0 bridgehead atoms. The van der Waals surface area contributed by atoms with Crippen LogP contribution in [0.4, 0.5) is 4.39 Å². The van der Waals surface area contributed by atoms with Crippen LogP contribution in [0.3, 0.4) is 0 Å². The van der Waals surface area contributed by atoms with E-state index in [0.29, 0.717) is 56.9 Å². The van der Waals surface area contributed by atoms with Crippen molar-refractivity contribution >= 4 is 5.91 Å². The minimum Gasteiger partial charge on any atom is -0.491 e. The molecule has 2 aromatic rings. The molecule has 0 atom stereocenters. The van der Waals surface area contributed by atoms with Crippen LogP contribution in [0.25, 0.3) is 0 Å². The number of amides is 1. The Morgan fingerprint density at radius 2 is 2.07 bits per heavy atom. The predicted octanol–water partition coefficient (Wildman–Crippen LogP) is 2.84. The lowest BCUT2D eigenvalue weighted by Crippen LogP contribution is -2.39. The fourth-order valence-corrected chi connectivity index (χ4v) is 3.92. The number of benzene rings is 1. The molecule has 1 fully saturated rings. The van der Waals surface area contributed by atoms with Crippen LogP contribution in [0.15, 0.2) is 24.3 Å². The van der Waals surface area contributed by atoms with Gasteiger partial charge in [0.15, 0.2) is 0 Å². The summed E-state index contributed by atoms with van der Waals surface area (Å²) >= 11 is 0. The highest BCUT2D eigenvalue weighted by molar-refractivity contribution is 5.93. The van der Waals surface area contributed by atoms with Crippen molar-refractivity contribution in [2.45, 2.75) is 38.1 Å². The Morgan fingerprint density at radius 1 is 1.23 bits per heavy atom. The maximum Gasteiger partial charge on any atom is 0.270 e. The van der Waals surface area contributed by atoms with Crippen molar-refractivity contribution < 1.29 is 23.4 Å². The molecule has 2 aliphatic rings. The maximum atomic E-state index is 14.4. The number of carbonyl (C=O) groups excluding carboxylic acids is 1. The van der Waals surface area contributed by atoms with E-state index in [-0.39, 0.29) is 17.8 Å². The summed E-state index contributed by atoms with van der Waals surface area (Å²) in [6.45, 7) is 2.35. The summed E-state index contributed by atoms with van der Waals surface area (Å²) in [6, 6.07) is 7.14. The molecule has 1 aromatic carbocycles. The third-order valence-corrected chi connectivity index (χ3v) is 5.58. The third-order valence-electron chi connectivity index (χ3n) is 5.58. The van der Waals surface area contributed by atoms with E-state index in [1.165, 1.54) is 0 Å². The van der Waals surface area contributed by atoms with E-state index in [1.807, 2.05) is 6.07 Å². The monoisotopic (exact) mass is 414 g/mol. The van der Waals surface area contributed by atoms with Crippen LogP contribution >= 0.6 is 0 Å². The first-order valence-corrected chi connectivity index (χ1v) is 10.4. The molecule has 4 rings (SSSR count). The van der Waals surface area contributed by atoms with Crippen LogP contribution in [0.5, 0.6) is 5.75 Å². The molecule has 30 heavy (non-hydrogen) atoms. The lowest BCUT2D eigenvalue weighted by Gasteiger charge is -2.23. The van der Waals surface area contributed by atoms with Crippen LogP contribution in [0, 0.1) is 5.82 Å². The highest BCUT2D eigenvalue weighted by atomic mass is 19.1. The molecular weight excluding hydrogens is 387 g/mol. The van der Waals surface area contributed by atoms with E-state index in [4.69, 9.17) is 14.2 Å². The van der Waals surface area contributed by atoms with Gasteiger partial charge in [0.05, 0.1) is 18.9 Å². The standard InChI is InChI=1S/C23H27FN2O4/c1-28-8-4-16-3-2-15(13-19(16)24)12-17-14-21(26-20-7-11-30-22(17)20)23(27)25-18-5-9-29-10-6-18/h2-3,13-14,18H,4-12H2,1H3,(H,25,27). The normalized spacial score (nSPS) is 16.2. The molecule has 6 nitrogen and oxygen atoms in total. The number of nitrogens with zero attached hydrogens (tertiary/aromatic N) is 1. The first-order valence-electron chi connectivity index (χ1n) is 10.4. The number of rotatable bonds is 7. The molecule has 1 aromatic heterocycles. The molecule has 2 aliphatic heterocycles. The Bertz CT molecular complexity index is 912. The Balaban J connectivity index is 1.54. The highest BCUT2D eigenvalue weighted by Crippen LogP contribution is 2.31. The minimum atomic E-state index is -0.242. The van der Waals surface area contributed by atoms with E-state index in [0.717, 1.165) is 35.4 Å². The number of ether oxygens (including phenoxy) is 3. The van der Waals surface area contributed by atoms with Crippen LogP contribution in [-0.2, 0) is 28.7 Å². The summed E-state index contributed by atoms with van der Waals surface area (Å²) in [6.07, 6.45) is 3.30. The topological polar surface area (TPSA) is 69.7 Å². The molecule has 0 radical (unpaired) electrons. The SMILES string of the molecule is COCCc1ccc(Cc2cc(C(=O)NC3CCOCC3)nc3c2OCC3)cc1F. The summed E-state index contributed by atoms with van der Waals surface area (Å²) in [5, 5.41) is 3.06. The van der Waals surface area contributed by atoms with Crippen molar-refractivity contribution in [1.82, 2.24) is 10.3 Å². The van der Waals surface area contributed by atoms with E-state index >= 15 is 0 Å². The van der Waals surface area contributed by atoms with Gasteiger partial charge in [0.1, 0.15) is 17.3 Å². The Morgan fingerprint density at radius 3 is 2.83 bits per heavy atom. The first-order chi connectivity index (χ1) is 14.6. The van der Waals surface area contributed by atoms with Crippen molar-refractivity contribution in [3.8, 4) is 5.75 Å². The fourth-order valence-electron chi connectivity index (χ4n) is 3.92. The second-order valence-corrected chi connectivity index (χ2v) is 7.75. The van der Waals surface area contributed by atoms with Gasteiger partial charge < -0.3 is 19.5 Å². The van der Waals surface area contributed by atoms with Gasteiger partial charge in [-0.3, -0.25) is 4.79 Å². The maximum absolute atomic E-state index is 14.4. The number of nitrogens with one attached hydrogen (secondary N) is 1. The molecule has 3 heterocycles. The van der Waals surface area contributed by atoms with Crippen LogP contribution in [-0.4, -0.2) is 50.5 Å². The largest absolute Gasteiger partial charge is 0.491 e. The van der Waals surface area contributed by atoms with Crippen molar-refractivity contribution in [2.75, 3.05) is 33.5 Å². The van der Waals surface area contributed by atoms with Gasteiger partial charge in [-0.15, -0.1) is 0 Å². The van der Waals surface area contributed by atoms with Gasteiger partial charge in [0.2, 0.25) is 0 Å². The number of methoxy groups -OCH3 is 1. The highest BCUT2D eigenvalue weighted by Gasteiger charge is 2.24. The molecule has 0 spiro atoms. The van der Waals surface area contributed by atoms with Crippen molar-refractivity contribution in [3.05, 3.63) is 58.2 Å². The average molecular weight is 414 g/mol. The van der Waals surface area contributed by atoms with E-state index in [9.17, 15) is 9.18 Å². The zero-order valence-electron chi connectivity index (χ0n) is 17.2. The van der Waals surface area contributed by atoms with Crippen LogP contribution in [0.2, 0.25) is 0 Å². The van der Waals surface area contributed by atoms with Gasteiger partial charge in [-0.25, -0.2) is 9.37 Å². The number of carbonyl (C=O) groups is 1. The fraction of sp³-hybridized carbons (Fsp3) is 0.478. The molecule has 1 N–H and O–H groups in total. The van der Waals surface area contributed by atoms with Gasteiger partial charge in [-0.05, 0) is 42.5 Å². The third kappa shape index (κ3) is 4.79. The van der Waals surface area contributed by atoms with E-state index in [1.54, 1.807) is 25.3 Å². The van der Waals surface area contributed by atoms with Crippen molar-refractivity contribution in [3.63, 3.8) is 0 Å². The molecule has 160 valence electrons. The minimum absolute atomic E-state index is 0.106. The van der Waals surface area contributed by atoms with Gasteiger partial charge in [-0.1, -0.05) is 12.1 Å². The van der Waals surface area contributed by atoms with Gasteiger partial charge >= 0.3 is 0 Å². The van der Waals surface area contributed by atoms with Crippen molar-refractivity contribution in [1.29, 1.82) is 0 Å². The molecule has 1 amide bonds. The number of fused-ring (bicyclic) bond motifs is 1. The second-order valence-electron chi connectivity index (χ2n) is 7.75. The number of hydrogen-bond acceptors (Lipinski definition) is 5. The summed E-state index contributed by atoms with van der Waals surface area (Å²) in [4.78, 5) is 17.3. The summed E-state index contributed by atoms with van der Waals surface area (Å²) in [5.41, 5.74) is 3.50. The predicted molar refractivity (Wildman–Crippen MR) is 110 cm³/mol. The Labute approximate surface area is 175 Å². The Kier molecular flexibility index (Phi) is 6.59. The number of halogens is 1. The number of pyridine rings is 1. The van der Waals surface area contributed by atoms with E-state index < -0.39 is 0 Å². The van der Waals surface area contributed by atoms with Crippen LogP contribution < -0.4 is 10.1 Å². The lowest BCUT2D eigenvalue weighted by atomic mass is 10.00. The van der Waals surface area contributed by atoms with Crippen molar-refractivity contribution in [2.24, 2.45) is 0 Å². The van der Waals surface area contributed by atoms with Gasteiger partial charge in [0, 0.05) is 44.8 Å². The lowest BCUT2D eigenvalue weighted by molar-refractivity contribution is 0.0694. The molecule has 0 aliphatic carbocycles. The van der Waals surface area contributed by atoms with Gasteiger partial charge in [0.25, 0.3) is 5.91 Å². The molecule has 0 saturated carbocycles. The Hall–Kier alpha value is -2.51. The molecule has 7 heteroatoms. The quantitative estimate of drug-likeness (QED) is 0.755. The summed E-state index contributed by atoms with van der Waals surface area (Å²) in [5.74, 6) is 0.300. The zero-order chi connectivity index (χ0) is 20.9. The number of hydrogen-bond donors (Lipinski definition) is 1. The summed E-state index contributed by atoms with van der Waals surface area (Å²) < 4.78 is 30.6.